The average Bonchev–Trinajstić information content (AvgIpc) is 3.31. The van der Waals surface area contributed by atoms with Crippen LogP contribution in [0.1, 0.15) is 10.4 Å². The summed E-state index contributed by atoms with van der Waals surface area (Å²) in [6, 6.07) is 16.6. The maximum Gasteiger partial charge on any atom is 0.258 e. The fraction of sp³-hybridized carbons (Fsp3) is 0. The number of anilines is 2. The average molecular weight is 442 g/mol. The van der Waals surface area contributed by atoms with Crippen LogP contribution in [0.4, 0.5) is 11.6 Å². The second-order valence-corrected chi connectivity index (χ2v) is 7.42. The first kappa shape index (κ1) is 19.7. The van der Waals surface area contributed by atoms with Crippen LogP contribution in [0, 0.1) is 0 Å². The number of carbonyl (C=O) groups excluding carboxylic acids is 1. The summed E-state index contributed by atoms with van der Waals surface area (Å²) in [5, 5.41) is 11.0. The highest BCUT2D eigenvalue weighted by Crippen LogP contribution is 2.35. The van der Waals surface area contributed by atoms with E-state index in [4.69, 9.17) is 17.3 Å². The fourth-order valence-electron chi connectivity index (χ4n) is 3.37. The largest absolute Gasteiger partial charge is 0.381 e. The molecule has 0 aliphatic rings. The van der Waals surface area contributed by atoms with E-state index >= 15 is 0 Å². The Labute approximate surface area is 187 Å². The molecule has 0 aliphatic heterocycles. The fourth-order valence-corrected chi connectivity index (χ4v) is 3.64. The lowest BCUT2D eigenvalue weighted by atomic mass is 10.0. The van der Waals surface area contributed by atoms with Gasteiger partial charge in [0.2, 0.25) is 0 Å². The molecule has 3 heterocycles. The highest BCUT2D eigenvalue weighted by Gasteiger charge is 2.19. The van der Waals surface area contributed by atoms with Gasteiger partial charge in [0, 0.05) is 28.9 Å². The predicted octanol–water partition coefficient (Wildman–Crippen LogP) is 4.57. The minimum atomic E-state index is -0.388. The molecule has 2 aromatic carbocycles. The van der Waals surface area contributed by atoms with E-state index in [1.807, 2.05) is 36.4 Å². The number of fused-ring (bicyclic) bond motifs is 1. The third kappa shape index (κ3) is 3.63. The molecule has 9 heteroatoms. The van der Waals surface area contributed by atoms with E-state index in [-0.39, 0.29) is 17.5 Å². The van der Waals surface area contributed by atoms with E-state index < -0.39 is 0 Å². The molecule has 0 atom stereocenters. The van der Waals surface area contributed by atoms with Crippen molar-refractivity contribution in [3.63, 3.8) is 0 Å². The van der Waals surface area contributed by atoms with Crippen molar-refractivity contribution in [3.8, 4) is 22.5 Å². The van der Waals surface area contributed by atoms with Crippen LogP contribution in [0.15, 0.2) is 73.2 Å². The maximum absolute atomic E-state index is 12.7. The second-order valence-electron chi connectivity index (χ2n) is 7.01. The van der Waals surface area contributed by atoms with Gasteiger partial charge in [0.25, 0.3) is 5.91 Å². The second kappa shape index (κ2) is 8.09. The van der Waals surface area contributed by atoms with Crippen LogP contribution in [0.25, 0.3) is 33.4 Å². The van der Waals surface area contributed by atoms with Gasteiger partial charge in [0.1, 0.15) is 0 Å². The van der Waals surface area contributed by atoms with E-state index in [1.54, 1.807) is 30.6 Å². The van der Waals surface area contributed by atoms with Gasteiger partial charge in [-0.15, -0.1) is 0 Å². The van der Waals surface area contributed by atoms with Crippen molar-refractivity contribution < 1.29 is 4.79 Å². The third-order valence-corrected chi connectivity index (χ3v) is 5.20. The quantitative estimate of drug-likeness (QED) is 0.375. The summed E-state index contributed by atoms with van der Waals surface area (Å²) in [7, 11) is 0. The lowest BCUT2D eigenvalue weighted by Crippen LogP contribution is -2.16. The Hall–Kier alpha value is -4.30. The van der Waals surface area contributed by atoms with E-state index in [9.17, 15) is 4.79 Å². The van der Waals surface area contributed by atoms with Gasteiger partial charge in [-0.1, -0.05) is 41.9 Å². The number of hydrogen-bond acceptors (Lipinski definition) is 6. The van der Waals surface area contributed by atoms with Gasteiger partial charge in [-0.05, 0) is 24.3 Å². The highest BCUT2D eigenvalue weighted by atomic mass is 35.5. The zero-order valence-corrected chi connectivity index (χ0v) is 17.3. The molecule has 0 unspecified atom stereocenters. The molecular weight excluding hydrogens is 426 g/mol. The molecule has 1 amide bonds. The van der Waals surface area contributed by atoms with Crippen molar-refractivity contribution in [2.24, 2.45) is 0 Å². The highest BCUT2D eigenvalue weighted by molar-refractivity contribution is 6.35. The molecule has 156 valence electrons. The van der Waals surface area contributed by atoms with Gasteiger partial charge in [-0.2, -0.15) is 5.10 Å². The van der Waals surface area contributed by atoms with Gasteiger partial charge < -0.3 is 11.1 Å². The van der Waals surface area contributed by atoms with Crippen LogP contribution in [0.2, 0.25) is 5.02 Å². The van der Waals surface area contributed by atoms with Gasteiger partial charge in [-0.25, -0.2) is 9.97 Å². The molecule has 8 nitrogen and oxygen atoms in total. The van der Waals surface area contributed by atoms with Crippen molar-refractivity contribution >= 4 is 40.0 Å². The standard InChI is InChI=1S/C23H16ClN7O/c24-17-10-15(9-16-12-27-31-18(16)17)20-19(13-5-2-1-3-6-13)28-21(25)22(29-20)30-23(32)14-7-4-8-26-11-14/h1-12H,(H2,25,28)(H,27,31)(H,29,30,32). The first-order chi connectivity index (χ1) is 15.6. The number of aromatic nitrogens is 5. The summed E-state index contributed by atoms with van der Waals surface area (Å²) in [4.78, 5) is 25.9. The number of nitrogens with zero attached hydrogens (tertiary/aromatic N) is 4. The molecule has 0 aliphatic carbocycles. The van der Waals surface area contributed by atoms with Crippen LogP contribution in [0.5, 0.6) is 0 Å². The monoisotopic (exact) mass is 441 g/mol. The molecule has 4 N–H and O–H groups in total. The van der Waals surface area contributed by atoms with Crippen molar-refractivity contribution in [3.05, 3.63) is 83.8 Å². The summed E-state index contributed by atoms with van der Waals surface area (Å²) in [5.74, 6) is -0.141. The van der Waals surface area contributed by atoms with Crippen LogP contribution in [-0.4, -0.2) is 31.1 Å². The minimum absolute atomic E-state index is 0.0975. The van der Waals surface area contributed by atoms with Crippen molar-refractivity contribution in [2.45, 2.75) is 0 Å². The molecule has 0 bridgehead atoms. The van der Waals surface area contributed by atoms with E-state index in [1.165, 1.54) is 6.20 Å². The molecule has 0 radical (unpaired) electrons. The first-order valence-corrected chi connectivity index (χ1v) is 10.1. The molecular formula is C23H16ClN7O. The summed E-state index contributed by atoms with van der Waals surface area (Å²) in [6.07, 6.45) is 4.74. The third-order valence-electron chi connectivity index (χ3n) is 4.90. The van der Waals surface area contributed by atoms with E-state index in [0.29, 0.717) is 27.5 Å². The number of aromatic amines is 1. The number of rotatable bonds is 4. The number of amides is 1. The molecule has 5 aromatic rings. The summed E-state index contributed by atoms with van der Waals surface area (Å²) in [6.45, 7) is 0. The summed E-state index contributed by atoms with van der Waals surface area (Å²) >= 11 is 6.47. The number of nitrogen functional groups attached to an aromatic ring is 1. The van der Waals surface area contributed by atoms with Crippen molar-refractivity contribution in [2.75, 3.05) is 11.1 Å². The number of hydrogen-bond donors (Lipinski definition) is 3. The Kier molecular flexibility index (Phi) is 4.97. The van der Waals surface area contributed by atoms with Crippen molar-refractivity contribution in [1.29, 1.82) is 0 Å². The Balaban J connectivity index is 1.67. The van der Waals surface area contributed by atoms with Gasteiger partial charge in [0.15, 0.2) is 11.6 Å². The molecule has 0 saturated carbocycles. The Morgan fingerprint density at radius 3 is 2.56 bits per heavy atom. The normalized spacial score (nSPS) is 10.9. The Morgan fingerprint density at radius 1 is 0.969 bits per heavy atom. The molecule has 5 rings (SSSR count). The van der Waals surface area contributed by atoms with E-state index in [2.05, 4.69) is 30.5 Å². The molecule has 3 aromatic heterocycles. The smallest absolute Gasteiger partial charge is 0.258 e. The number of nitrogens with one attached hydrogen (secondary N) is 2. The Bertz CT molecular complexity index is 1440. The molecule has 0 fully saturated rings. The number of nitrogens with two attached hydrogens (primary N) is 1. The first-order valence-electron chi connectivity index (χ1n) is 9.67. The van der Waals surface area contributed by atoms with Crippen LogP contribution < -0.4 is 11.1 Å². The van der Waals surface area contributed by atoms with Crippen LogP contribution >= 0.6 is 11.6 Å². The number of H-pyrrole nitrogens is 1. The van der Waals surface area contributed by atoms with Gasteiger partial charge in [0.05, 0.1) is 33.7 Å². The lowest BCUT2D eigenvalue weighted by Gasteiger charge is -2.14. The summed E-state index contributed by atoms with van der Waals surface area (Å²) < 4.78 is 0. The zero-order chi connectivity index (χ0) is 22.1. The number of pyridine rings is 1. The Morgan fingerprint density at radius 2 is 1.78 bits per heavy atom. The van der Waals surface area contributed by atoms with Crippen molar-refractivity contribution in [1.82, 2.24) is 25.1 Å². The van der Waals surface area contributed by atoms with Crippen LogP contribution in [0.3, 0.4) is 0 Å². The topological polar surface area (TPSA) is 122 Å². The number of carbonyl (C=O) groups is 1. The van der Waals surface area contributed by atoms with E-state index in [0.717, 1.165) is 16.5 Å². The van der Waals surface area contributed by atoms with Gasteiger partial charge >= 0.3 is 0 Å². The number of benzene rings is 2. The van der Waals surface area contributed by atoms with Gasteiger partial charge in [-0.3, -0.25) is 14.9 Å². The number of halogens is 1. The lowest BCUT2D eigenvalue weighted by molar-refractivity contribution is 0.102. The summed E-state index contributed by atoms with van der Waals surface area (Å²) in [5.41, 5.74) is 9.94. The maximum atomic E-state index is 12.7. The molecule has 32 heavy (non-hydrogen) atoms. The minimum Gasteiger partial charge on any atom is -0.381 e. The zero-order valence-electron chi connectivity index (χ0n) is 16.6. The predicted molar refractivity (Wildman–Crippen MR) is 124 cm³/mol. The molecule has 0 saturated heterocycles. The SMILES string of the molecule is Nc1nc(-c2ccccc2)c(-c2cc(Cl)c3[nH]ncc3c2)nc1NC(=O)c1cccnc1. The van der Waals surface area contributed by atoms with Crippen LogP contribution in [-0.2, 0) is 0 Å². The molecule has 0 spiro atoms.